The van der Waals surface area contributed by atoms with Gasteiger partial charge in [-0.15, -0.1) is 0 Å². The van der Waals surface area contributed by atoms with Crippen molar-refractivity contribution in [2.75, 3.05) is 32.1 Å². The van der Waals surface area contributed by atoms with Gasteiger partial charge >= 0.3 is 0 Å². The van der Waals surface area contributed by atoms with E-state index >= 15 is 0 Å². The predicted octanol–water partition coefficient (Wildman–Crippen LogP) is 1.47. The SMILES string of the molecule is Cc1nc(N(C)C2CCN(C)CC2)sc1CO. The van der Waals surface area contributed by atoms with Crippen LogP contribution in [-0.4, -0.2) is 48.2 Å². The number of aryl methyl sites for hydroxylation is 1. The average molecular weight is 255 g/mol. The summed E-state index contributed by atoms with van der Waals surface area (Å²) in [4.78, 5) is 10.2. The van der Waals surface area contributed by atoms with Crippen molar-refractivity contribution >= 4 is 16.5 Å². The summed E-state index contributed by atoms with van der Waals surface area (Å²) in [7, 11) is 4.29. The Morgan fingerprint density at radius 3 is 2.65 bits per heavy atom. The Bertz CT molecular complexity index is 372. The first-order valence-corrected chi connectivity index (χ1v) is 6.92. The molecule has 0 aromatic carbocycles. The summed E-state index contributed by atoms with van der Waals surface area (Å²) in [5.74, 6) is 0. The minimum absolute atomic E-state index is 0.102. The average Bonchev–Trinajstić information content (AvgIpc) is 2.70. The summed E-state index contributed by atoms with van der Waals surface area (Å²) in [5, 5.41) is 10.2. The van der Waals surface area contributed by atoms with Crippen LogP contribution in [-0.2, 0) is 6.61 Å². The van der Waals surface area contributed by atoms with E-state index in [1.165, 1.54) is 12.8 Å². The lowest BCUT2D eigenvalue weighted by molar-refractivity contribution is 0.253. The fourth-order valence-corrected chi connectivity index (χ4v) is 3.20. The maximum absolute atomic E-state index is 9.20. The van der Waals surface area contributed by atoms with E-state index in [1.807, 2.05) is 6.92 Å². The second-order valence-corrected chi connectivity index (χ2v) is 5.87. The van der Waals surface area contributed by atoms with E-state index in [4.69, 9.17) is 0 Å². The van der Waals surface area contributed by atoms with Crippen LogP contribution < -0.4 is 4.90 Å². The summed E-state index contributed by atoms with van der Waals surface area (Å²) in [6, 6.07) is 0.586. The van der Waals surface area contributed by atoms with E-state index in [1.54, 1.807) is 11.3 Å². The van der Waals surface area contributed by atoms with Crippen LogP contribution in [0.15, 0.2) is 0 Å². The summed E-state index contributed by atoms with van der Waals surface area (Å²) >= 11 is 1.61. The van der Waals surface area contributed by atoms with Crippen LogP contribution in [0, 0.1) is 6.92 Å². The van der Waals surface area contributed by atoms with Gasteiger partial charge in [0, 0.05) is 13.1 Å². The van der Waals surface area contributed by atoms with Gasteiger partial charge in [-0.2, -0.15) is 0 Å². The molecule has 5 heteroatoms. The molecule has 1 N–H and O–H groups in total. The molecule has 2 heterocycles. The second-order valence-electron chi connectivity index (χ2n) is 4.81. The van der Waals surface area contributed by atoms with E-state index in [0.29, 0.717) is 6.04 Å². The summed E-state index contributed by atoms with van der Waals surface area (Å²) in [6.45, 7) is 4.39. The van der Waals surface area contributed by atoms with Crippen molar-refractivity contribution in [1.82, 2.24) is 9.88 Å². The maximum atomic E-state index is 9.20. The zero-order chi connectivity index (χ0) is 12.4. The molecule has 0 saturated carbocycles. The minimum Gasteiger partial charge on any atom is -0.391 e. The second kappa shape index (κ2) is 5.33. The molecule has 4 nitrogen and oxygen atoms in total. The fraction of sp³-hybridized carbons (Fsp3) is 0.750. The highest BCUT2D eigenvalue weighted by molar-refractivity contribution is 7.15. The highest BCUT2D eigenvalue weighted by atomic mass is 32.1. The molecule has 0 bridgehead atoms. The van der Waals surface area contributed by atoms with Gasteiger partial charge in [-0.25, -0.2) is 4.98 Å². The van der Waals surface area contributed by atoms with Crippen molar-refractivity contribution < 1.29 is 5.11 Å². The highest BCUT2D eigenvalue weighted by Crippen LogP contribution is 2.28. The minimum atomic E-state index is 0.102. The number of piperidine rings is 1. The molecule has 0 unspecified atom stereocenters. The first kappa shape index (κ1) is 12.8. The lowest BCUT2D eigenvalue weighted by Gasteiger charge is -2.34. The van der Waals surface area contributed by atoms with E-state index in [-0.39, 0.29) is 6.61 Å². The van der Waals surface area contributed by atoms with Crippen molar-refractivity contribution in [2.45, 2.75) is 32.4 Å². The van der Waals surface area contributed by atoms with Gasteiger partial charge < -0.3 is 14.9 Å². The number of rotatable bonds is 3. The third kappa shape index (κ3) is 2.78. The first-order valence-electron chi connectivity index (χ1n) is 6.10. The summed E-state index contributed by atoms with van der Waals surface area (Å²) in [6.07, 6.45) is 2.39. The standard InChI is InChI=1S/C12H21N3OS/c1-9-11(8-16)17-12(13-9)15(3)10-4-6-14(2)7-5-10/h10,16H,4-8H2,1-3H3. The number of anilines is 1. The summed E-state index contributed by atoms with van der Waals surface area (Å²) < 4.78 is 0. The monoisotopic (exact) mass is 255 g/mol. The third-order valence-electron chi connectivity index (χ3n) is 3.56. The summed E-state index contributed by atoms with van der Waals surface area (Å²) in [5.41, 5.74) is 0.965. The van der Waals surface area contributed by atoms with Crippen LogP contribution >= 0.6 is 11.3 Å². The van der Waals surface area contributed by atoms with Crippen molar-refractivity contribution in [1.29, 1.82) is 0 Å². The number of hydrogen-bond acceptors (Lipinski definition) is 5. The molecule has 0 amide bonds. The highest BCUT2D eigenvalue weighted by Gasteiger charge is 2.23. The molecule has 0 atom stereocenters. The first-order chi connectivity index (χ1) is 8.11. The van der Waals surface area contributed by atoms with Crippen LogP contribution in [0.1, 0.15) is 23.4 Å². The van der Waals surface area contributed by atoms with Crippen molar-refractivity contribution in [3.05, 3.63) is 10.6 Å². The van der Waals surface area contributed by atoms with Crippen LogP contribution in [0.5, 0.6) is 0 Å². The zero-order valence-corrected chi connectivity index (χ0v) is 11.6. The van der Waals surface area contributed by atoms with Crippen molar-refractivity contribution in [3.63, 3.8) is 0 Å². The fourth-order valence-electron chi connectivity index (χ4n) is 2.25. The Morgan fingerprint density at radius 2 is 2.12 bits per heavy atom. The van der Waals surface area contributed by atoms with E-state index in [9.17, 15) is 5.11 Å². The van der Waals surface area contributed by atoms with E-state index in [2.05, 4.69) is 28.9 Å². The lowest BCUT2D eigenvalue weighted by atomic mass is 10.0. The Labute approximate surface area is 107 Å². The number of hydrogen-bond donors (Lipinski definition) is 1. The van der Waals surface area contributed by atoms with Gasteiger partial charge in [0.15, 0.2) is 5.13 Å². The third-order valence-corrected chi connectivity index (χ3v) is 4.80. The van der Waals surface area contributed by atoms with Gasteiger partial charge in [0.1, 0.15) is 0 Å². The van der Waals surface area contributed by atoms with Crippen LogP contribution in [0.25, 0.3) is 0 Å². The molecular formula is C12H21N3OS. The van der Waals surface area contributed by atoms with Gasteiger partial charge in [0.25, 0.3) is 0 Å². The van der Waals surface area contributed by atoms with E-state index < -0.39 is 0 Å². The van der Waals surface area contributed by atoms with Crippen LogP contribution in [0.3, 0.4) is 0 Å². The maximum Gasteiger partial charge on any atom is 0.185 e. The number of thiazole rings is 1. The number of aromatic nitrogens is 1. The number of likely N-dealkylation sites (tertiary alicyclic amines) is 1. The van der Waals surface area contributed by atoms with Gasteiger partial charge in [-0.05, 0) is 39.9 Å². The molecule has 1 aromatic heterocycles. The topological polar surface area (TPSA) is 39.6 Å². The van der Waals surface area contributed by atoms with Crippen molar-refractivity contribution in [3.8, 4) is 0 Å². The lowest BCUT2D eigenvalue weighted by Crippen LogP contribution is -2.41. The predicted molar refractivity (Wildman–Crippen MR) is 71.7 cm³/mol. The number of aliphatic hydroxyl groups is 1. The van der Waals surface area contributed by atoms with Gasteiger partial charge in [0.2, 0.25) is 0 Å². The van der Waals surface area contributed by atoms with Crippen LogP contribution in [0.4, 0.5) is 5.13 Å². The molecule has 17 heavy (non-hydrogen) atoms. The molecule has 1 aliphatic rings. The van der Waals surface area contributed by atoms with Crippen LogP contribution in [0.2, 0.25) is 0 Å². The van der Waals surface area contributed by atoms with E-state index in [0.717, 1.165) is 28.8 Å². The van der Waals surface area contributed by atoms with Crippen molar-refractivity contribution in [2.24, 2.45) is 0 Å². The van der Waals surface area contributed by atoms with Gasteiger partial charge in [-0.1, -0.05) is 11.3 Å². The largest absolute Gasteiger partial charge is 0.391 e. The molecule has 1 aromatic rings. The smallest absolute Gasteiger partial charge is 0.185 e. The molecular weight excluding hydrogens is 234 g/mol. The molecule has 0 radical (unpaired) electrons. The molecule has 0 spiro atoms. The Kier molecular flexibility index (Phi) is 4.01. The zero-order valence-electron chi connectivity index (χ0n) is 10.8. The molecule has 2 rings (SSSR count). The normalized spacial score (nSPS) is 18.6. The number of nitrogens with zero attached hydrogens (tertiary/aromatic N) is 3. The number of aliphatic hydroxyl groups excluding tert-OH is 1. The molecule has 96 valence electrons. The Balaban J connectivity index is 2.05. The Morgan fingerprint density at radius 1 is 1.47 bits per heavy atom. The Hall–Kier alpha value is -0.650. The quantitative estimate of drug-likeness (QED) is 0.888. The molecule has 1 fully saturated rings. The van der Waals surface area contributed by atoms with Gasteiger partial charge in [0.05, 0.1) is 17.2 Å². The molecule has 0 aliphatic carbocycles. The molecule has 1 aliphatic heterocycles. The molecule has 1 saturated heterocycles. The van der Waals surface area contributed by atoms with Gasteiger partial charge in [-0.3, -0.25) is 0 Å².